The summed E-state index contributed by atoms with van der Waals surface area (Å²) in [6.07, 6.45) is 4.42. The van der Waals surface area contributed by atoms with Crippen LogP contribution in [0, 0.1) is 5.92 Å². The van der Waals surface area contributed by atoms with Crippen molar-refractivity contribution in [2.45, 2.75) is 77.8 Å². The van der Waals surface area contributed by atoms with Gasteiger partial charge in [-0.3, -0.25) is 13.9 Å². The molecule has 0 saturated carbocycles. The van der Waals surface area contributed by atoms with Crippen LogP contribution in [0.4, 0.5) is 0 Å². The van der Waals surface area contributed by atoms with Gasteiger partial charge in [-0.1, -0.05) is 6.92 Å². The Morgan fingerprint density at radius 2 is 1.43 bits per heavy atom. The van der Waals surface area contributed by atoms with Crippen molar-refractivity contribution in [3.8, 4) is 0 Å². The minimum Gasteiger partial charge on any atom is -0.381 e. The number of carbonyl (C=O) groups excluding carboxylic acids is 2. The highest BCUT2D eigenvalue weighted by atomic mass is 28.4. The largest absolute Gasteiger partial charge is 0.381 e. The minimum absolute atomic E-state index is 0.0467. The smallest absolute Gasteiger partial charge is 0.231 e. The molecule has 0 rings (SSSR count). The number of ketones is 1. The van der Waals surface area contributed by atoms with Crippen molar-refractivity contribution in [2.24, 2.45) is 5.92 Å². The Balaban J connectivity index is 3.91. The third-order valence-corrected chi connectivity index (χ3v) is 8.79. The third kappa shape index (κ3) is 18.4. The monoisotopic (exact) mass is 464 g/mol. The Hall–Kier alpha value is -0.426. The van der Waals surface area contributed by atoms with Crippen LogP contribution in [0.2, 0.25) is 38.3 Å². The SMILES string of the molecule is CCCOCCC(C=O)COCCC[Si](C)(C)OO[Si](C)(C)CCCOCC(C)=O. The molecule has 0 N–H and O–H groups in total. The number of hydrogen-bond donors (Lipinski definition) is 0. The van der Waals surface area contributed by atoms with Crippen molar-refractivity contribution in [1.29, 1.82) is 0 Å². The fourth-order valence-electron chi connectivity index (χ4n) is 2.63. The third-order valence-electron chi connectivity index (χ3n) is 4.44. The summed E-state index contributed by atoms with van der Waals surface area (Å²) in [4.78, 5) is 22.0. The first kappa shape index (κ1) is 29.6. The zero-order valence-electron chi connectivity index (χ0n) is 20.0. The maximum atomic E-state index is 11.1. The van der Waals surface area contributed by atoms with Crippen molar-refractivity contribution < 1.29 is 33.0 Å². The predicted molar refractivity (Wildman–Crippen MR) is 124 cm³/mol. The molecule has 0 spiro atoms. The molecule has 30 heavy (non-hydrogen) atoms. The van der Waals surface area contributed by atoms with E-state index in [-0.39, 0.29) is 18.3 Å². The number of ether oxygens (including phenoxy) is 3. The highest BCUT2D eigenvalue weighted by Gasteiger charge is 2.30. The molecule has 0 bridgehead atoms. The van der Waals surface area contributed by atoms with E-state index < -0.39 is 16.6 Å². The fourth-order valence-corrected chi connectivity index (χ4v) is 6.59. The second-order valence-corrected chi connectivity index (χ2v) is 17.4. The average Bonchev–Trinajstić information content (AvgIpc) is 2.67. The summed E-state index contributed by atoms with van der Waals surface area (Å²) >= 11 is 0. The average molecular weight is 465 g/mol. The Kier molecular flexibility index (Phi) is 16.9. The molecule has 0 fully saturated rings. The van der Waals surface area contributed by atoms with Crippen LogP contribution >= 0.6 is 0 Å². The molecule has 0 aliphatic carbocycles. The molecular weight excluding hydrogens is 420 g/mol. The molecular formula is C21H44O7Si2. The van der Waals surface area contributed by atoms with Gasteiger partial charge in [0.2, 0.25) is 16.6 Å². The van der Waals surface area contributed by atoms with Gasteiger partial charge in [0.1, 0.15) is 12.9 Å². The van der Waals surface area contributed by atoms with Gasteiger partial charge < -0.3 is 19.0 Å². The van der Waals surface area contributed by atoms with Crippen molar-refractivity contribution >= 4 is 28.7 Å². The van der Waals surface area contributed by atoms with Crippen molar-refractivity contribution in [2.75, 3.05) is 39.6 Å². The van der Waals surface area contributed by atoms with Gasteiger partial charge in [-0.05, 0) is 70.9 Å². The summed E-state index contributed by atoms with van der Waals surface area (Å²) < 4.78 is 28.2. The summed E-state index contributed by atoms with van der Waals surface area (Å²) in [7, 11) is -3.85. The quantitative estimate of drug-likeness (QED) is 0.0820. The van der Waals surface area contributed by atoms with Crippen LogP contribution in [0.15, 0.2) is 0 Å². The Morgan fingerprint density at radius 3 is 1.93 bits per heavy atom. The number of aldehydes is 1. The Bertz CT molecular complexity index is 459. The Labute approximate surface area is 185 Å². The van der Waals surface area contributed by atoms with E-state index in [9.17, 15) is 9.59 Å². The number of hydrogen-bond acceptors (Lipinski definition) is 7. The summed E-state index contributed by atoms with van der Waals surface area (Å²) in [5.41, 5.74) is 0. The number of Topliss-reactive ketones (excluding diaryl/α,β-unsaturated/α-hetero) is 1. The van der Waals surface area contributed by atoms with E-state index in [4.69, 9.17) is 23.4 Å². The van der Waals surface area contributed by atoms with Gasteiger partial charge >= 0.3 is 0 Å². The van der Waals surface area contributed by atoms with E-state index >= 15 is 0 Å². The molecule has 0 saturated heterocycles. The lowest BCUT2D eigenvalue weighted by Gasteiger charge is -2.28. The second-order valence-electron chi connectivity index (χ2n) is 9.02. The van der Waals surface area contributed by atoms with Gasteiger partial charge in [0.05, 0.1) is 6.61 Å². The molecule has 0 radical (unpaired) electrons. The molecule has 9 heteroatoms. The minimum atomic E-state index is -1.93. The molecule has 0 heterocycles. The van der Waals surface area contributed by atoms with Crippen LogP contribution in [0.1, 0.15) is 39.5 Å². The van der Waals surface area contributed by atoms with Gasteiger partial charge in [-0.15, -0.1) is 0 Å². The molecule has 0 aromatic rings. The highest BCUT2D eigenvalue weighted by molar-refractivity contribution is 6.73. The van der Waals surface area contributed by atoms with Crippen LogP contribution in [-0.2, 0) is 33.0 Å². The molecule has 7 nitrogen and oxygen atoms in total. The number of carbonyl (C=O) groups is 2. The van der Waals surface area contributed by atoms with Crippen molar-refractivity contribution in [3.05, 3.63) is 0 Å². The molecule has 1 atom stereocenters. The maximum Gasteiger partial charge on any atom is 0.231 e. The van der Waals surface area contributed by atoms with Crippen LogP contribution < -0.4 is 0 Å². The summed E-state index contributed by atoms with van der Waals surface area (Å²) in [5, 5.41) is 0. The molecule has 1 unspecified atom stereocenters. The van der Waals surface area contributed by atoms with Crippen LogP contribution in [0.3, 0.4) is 0 Å². The molecule has 0 aliphatic heterocycles. The van der Waals surface area contributed by atoms with E-state index in [0.29, 0.717) is 32.8 Å². The van der Waals surface area contributed by atoms with Crippen LogP contribution in [0.5, 0.6) is 0 Å². The summed E-state index contributed by atoms with van der Waals surface area (Å²) in [6.45, 7) is 15.3. The predicted octanol–water partition coefficient (Wildman–Crippen LogP) is 4.38. The first-order valence-electron chi connectivity index (χ1n) is 11.2. The molecule has 0 aromatic carbocycles. The van der Waals surface area contributed by atoms with Crippen molar-refractivity contribution in [3.63, 3.8) is 0 Å². The van der Waals surface area contributed by atoms with Gasteiger partial charge in [0, 0.05) is 32.3 Å². The summed E-state index contributed by atoms with van der Waals surface area (Å²) in [5.74, 6) is -0.0524. The Morgan fingerprint density at radius 1 is 0.867 bits per heavy atom. The first-order chi connectivity index (χ1) is 14.1. The molecule has 0 aromatic heterocycles. The van der Waals surface area contributed by atoms with E-state index in [1.54, 1.807) is 0 Å². The zero-order valence-corrected chi connectivity index (χ0v) is 22.0. The number of rotatable bonds is 21. The van der Waals surface area contributed by atoms with Crippen LogP contribution in [-0.4, -0.2) is 68.3 Å². The van der Waals surface area contributed by atoms with Gasteiger partial charge in [0.15, 0.2) is 5.78 Å². The van der Waals surface area contributed by atoms with Gasteiger partial charge in [0.25, 0.3) is 0 Å². The topological polar surface area (TPSA) is 80.3 Å². The van der Waals surface area contributed by atoms with Gasteiger partial charge in [-0.2, -0.15) is 0 Å². The van der Waals surface area contributed by atoms with Crippen LogP contribution in [0.25, 0.3) is 0 Å². The molecule has 0 amide bonds. The van der Waals surface area contributed by atoms with E-state index in [2.05, 4.69) is 33.1 Å². The zero-order chi connectivity index (χ0) is 22.9. The standard InChI is InChI=1S/C21H44O7Si2/c1-7-11-24-14-10-21(17-22)19-26-13-9-16-30(5,6)28-27-29(3,4)15-8-12-25-18-20(2)23/h17,21H,7-16,18-19H2,1-6H3. The second kappa shape index (κ2) is 17.2. The van der Waals surface area contributed by atoms with Gasteiger partial charge in [-0.25, -0.2) is 0 Å². The lowest BCUT2D eigenvalue weighted by Crippen LogP contribution is -2.39. The van der Waals surface area contributed by atoms with E-state index in [1.165, 1.54) is 6.92 Å². The highest BCUT2D eigenvalue weighted by Crippen LogP contribution is 2.20. The lowest BCUT2D eigenvalue weighted by molar-refractivity contribution is -0.126. The van der Waals surface area contributed by atoms with Crippen molar-refractivity contribution in [1.82, 2.24) is 0 Å². The maximum absolute atomic E-state index is 11.1. The first-order valence-corrected chi connectivity index (χ1v) is 17.4. The lowest BCUT2D eigenvalue weighted by atomic mass is 10.1. The summed E-state index contributed by atoms with van der Waals surface area (Å²) in [6, 6.07) is 1.86. The fraction of sp³-hybridized carbons (Fsp3) is 0.905. The van der Waals surface area contributed by atoms with E-state index in [0.717, 1.165) is 44.2 Å². The van der Waals surface area contributed by atoms with E-state index in [1.807, 2.05) is 0 Å². The molecule has 0 aliphatic rings. The molecule has 178 valence electrons. The normalized spacial score (nSPS) is 13.4.